The molecule has 0 aliphatic heterocycles. The fraction of sp³-hybridized carbons (Fsp3) is 0.0400. The molecule has 38 heavy (non-hydrogen) atoms. The number of carbonyl (C=O) groups is 1. The molecule has 196 valence electrons. The predicted octanol–water partition coefficient (Wildman–Crippen LogP) is 6.46. The monoisotopic (exact) mass is 541 g/mol. The van der Waals surface area contributed by atoms with Crippen LogP contribution in [0.5, 0.6) is 23.0 Å². The van der Waals surface area contributed by atoms with Crippen LogP contribution in [0.3, 0.4) is 0 Å². The predicted molar refractivity (Wildman–Crippen MR) is 115 cm³/mol. The van der Waals surface area contributed by atoms with Crippen molar-refractivity contribution in [2.45, 2.75) is 0 Å². The molecule has 0 atom stereocenters. The molecular weight excluding hydrogens is 528 g/mol. The first-order chi connectivity index (χ1) is 18.0. The van der Waals surface area contributed by atoms with E-state index in [2.05, 4.69) is 4.74 Å². The minimum atomic E-state index is -2.34. The number of benzene rings is 3. The van der Waals surface area contributed by atoms with Gasteiger partial charge in [-0.2, -0.15) is 17.6 Å². The average molecular weight is 541 g/mol. The van der Waals surface area contributed by atoms with Crippen LogP contribution in [0, 0.1) is 46.5 Å². The molecule has 4 rings (SSSR count). The lowest BCUT2D eigenvalue weighted by molar-refractivity contribution is -0.671. The first kappa shape index (κ1) is 26.4. The highest BCUT2D eigenvalue weighted by Gasteiger charge is 2.31. The summed E-state index contributed by atoms with van der Waals surface area (Å²) in [5.74, 6) is -22.0. The lowest BCUT2D eigenvalue weighted by atomic mass is 10.2. The molecule has 3 aromatic carbocycles. The average Bonchev–Trinajstić information content (AvgIpc) is 2.90. The van der Waals surface area contributed by atoms with Gasteiger partial charge in [-0.25, -0.2) is 22.1 Å². The van der Waals surface area contributed by atoms with E-state index in [9.17, 15) is 39.9 Å². The van der Waals surface area contributed by atoms with Gasteiger partial charge in [0.05, 0.1) is 0 Å². The molecular formula is C25H13F8N2O3+. The van der Waals surface area contributed by atoms with Gasteiger partial charge < -0.3 is 14.8 Å². The number of pyridine rings is 1. The number of carbonyl (C=O) groups excluding carboxylic acids is 1. The van der Waals surface area contributed by atoms with Crippen molar-refractivity contribution >= 4 is 11.6 Å². The smallest absolute Gasteiger partial charge is 0.255 e. The van der Waals surface area contributed by atoms with Crippen LogP contribution in [0.25, 0.3) is 0 Å². The quantitative estimate of drug-likeness (QED) is 0.173. The maximum absolute atomic E-state index is 14.5. The zero-order chi connectivity index (χ0) is 27.7. The summed E-state index contributed by atoms with van der Waals surface area (Å²) in [6.45, 7) is 0. The Morgan fingerprint density at radius 3 is 1.66 bits per heavy atom. The Balaban J connectivity index is 1.58. The van der Waals surface area contributed by atoms with Gasteiger partial charge in [-0.1, -0.05) is 0 Å². The first-order valence-electron chi connectivity index (χ1n) is 10.4. The van der Waals surface area contributed by atoms with Gasteiger partial charge in [0.15, 0.2) is 35.7 Å². The molecule has 5 nitrogen and oxygen atoms in total. The number of nitrogens with one attached hydrogen (secondary N) is 1. The minimum Gasteiger partial charge on any atom is -0.457 e. The molecule has 0 saturated carbocycles. The van der Waals surface area contributed by atoms with E-state index in [0.29, 0.717) is 11.5 Å². The Kier molecular flexibility index (Phi) is 7.19. The molecule has 1 N–H and O–H groups in total. The van der Waals surface area contributed by atoms with Crippen LogP contribution in [0.15, 0.2) is 54.9 Å². The highest BCUT2D eigenvalue weighted by Crippen LogP contribution is 2.38. The molecule has 0 aliphatic carbocycles. The Labute approximate surface area is 208 Å². The molecule has 1 amide bonds. The second-order valence-corrected chi connectivity index (χ2v) is 7.64. The number of aromatic nitrogens is 1. The SMILES string of the molecule is C[n+]1ccc(Oc2ccc(C(=O)Nc3c(F)c(F)c(Oc4c(F)c(F)cc(F)c4F)c(F)c3F)cc2)cc1. The van der Waals surface area contributed by atoms with Crippen molar-refractivity contribution in [3.05, 3.63) is 107 Å². The van der Waals surface area contributed by atoms with Gasteiger partial charge in [0, 0.05) is 23.8 Å². The number of ether oxygens (including phenoxy) is 2. The molecule has 0 radical (unpaired) electrons. The highest BCUT2D eigenvalue weighted by molar-refractivity contribution is 6.04. The topological polar surface area (TPSA) is 51.4 Å². The van der Waals surface area contributed by atoms with Crippen LogP contribution in [-0.4, -0.2) is 5.91 Å². The second-order valence-electron chi connectivity index (χ2n) is 7.64. The van der Waals surface area contributed by atoms with Crippen molar-refractivity contribution in [1.82, 2.24) is 0 Å². The lowest BCUT2D eigenvalue weighted by Crippen LogP contribution is -2.25. The van der Waals surface area contributed by atoms with Gasteiger partial charge in [0.25, 0.3) is 5.91 Å². The van der Waals surface area contributed by atoms with Crippen LogP contribution < -0.4 is 19.4 Å². The van der Waals surface area contributed by atoms with Gasteiger partial charge in [-0.3, -0.25) is 4.79 Å². The molecule has 0 unspecified atom stereocenters. The Bertz CT molecular complexity index is 1490. The number of rotatable bonds is 6. The summed E-state index contributed by atoms with van der Waals surface area (Å²) in [4.78, 5) is 12.4. The van der Waals surface area contributed by atoms with Crippen molar-refractivity contribution in [3.8, 4) is 23.0 Å². The minimum absolute atomic E-state index is 0.198. The number of anilines is 1. The maximum Gasteiger partial charge on any atom is 0.255 e. The summed E-state index contributed by atoms with van der Waals surface area (Å²) >= 11 is 0. The Morgan fingerprint density at radius 2 is 1.13 bits per heavy atom. The van der Waals surface area contributed by atoms with Crippen molar-refractivity contribution in [1.29, 1.82) is 0 Å². The van der Waals surface area contributed by atoms with E-state index in [1.807, 2.05) is 0 Å². The zero-order valence-corrected chi connectivity index (χ0v) is 18.9. The van der Waals surface area contributed by atoms with Crippen LogP contribution in [0.1, 0.15) is 10.4 Å². The second kappa shape index (κ2) is 10.4. The van der Waals surface area contributed by atoms with Crippen LogP contribution in [0.4, 0.5) is 40.8 Å². The third-order valence-corrected chi connectivity index (χ3v) is 5.04. The number of amides is 1. The van der Waals surface area contributed by atoms with Crippen LogP contribution in [-0.2, 0) is 7.05 Å². The van der Waals surface area contributed by atoms with E-state index >= 15 is 0 Å². The normalized spacial score (nSPS) is 10.9. The van der Waals surface area contributed by atoms with E-state index in [1.54, 1.807) is 41.5 Å². The summed E-state index contributed by atoms with van der Waals surface area (Å²) in [5, 5.41) is 1.65. The molecule has 1 aromatic heterocycles. The van der Waals surface area contributed by atoms with Crippen molar-refractivity contribution in [2.75, 3.05) is 5.32 Å². The van der Waals surface area contributed by atoms with Crippen LogP contribution in [0.2, 0.25) is 0 Å². The van der Waals surface area contributed by atoms with Gasteiger partial charge in [0.1, 0.15) is 24.2 Å². The molecule has 0 aliphatic rings. The van der Waals surface area contributed by atoms with E-state index in [0.717, 1.165) is 0 Å². The van der Waals surface area contributed by atoms with E-state index in [4.69, 9.17) is 4.74 Å². The standard InChI is InChI=1S/C25H12F8N2O3/c1-35-8-6-13(7-9-35)37-12-4-2-11(3-5-12)25(36)34-22-18(30)20(32)24(21(33)19(22)31)38-23-16(28)14(26)10-15(27)17(23)29/h2-10H,1H3/p+1. The largest absolute Gasteiger partial charge is 0.457 e. The molecule has 0 fully saturated rings. The fourth-order valence-electron chi connectivity index (χ4n) is 3.11. The van der Waals surface area contributed by atoms with E-state index in [-0.39, 0.29) is 11.6 Å². The van der Waals surface area contributed by atoms with Crippen molar-refractivity contribution in [2.24, 2.45) is 7.05 Å². The third kappa shape index (κ3) is 5.08. The summed E-state index contributed by atoms with van der Waals surface area (Å²) < 4.78 is 124. The number of nitrogens with zero attached hydrogens (tertiary/aromatic N) is 1. The highest BCUT2D eigenvalue weighted by atomic mass is 19.2. The Hall–Kier alpha value is -4.68. The first-order valence-corrected chi connectivity index (χ1v) is 10.4. The summed E-state index contributed by atoms with van der Waals surface area (Å²) in [6.07, 6.45) is 3.44. The summed E-state index contributed by atoms with van der Waals surface area (Å²) in [6, 6.07) is 8.17. The van der Waals surface area contributed by atoms with Crippen LogP contribution >= 0.6 is 0 Å². The lowest BCUT2D eigenvalue weighted by Gasteiger charge is -2.14. The van der Waals surface area contributed by atoms with E-state index in [1.165, 1.54) is 24.3 Å². The third-order valence-electron chi connectivity index (χ3n) is 5.04. The van der Waals surface area contributed by atoms with E-state index < -0.39 is 69.6 Å². The molecule has 0 bridgehead atoms. The molecule has 13 heteroatoms. The Morgan fingerprint density at radius 1 is 0.658 bits per heavy atom. The zero-order valence-electron chi connectivity index (χ0n) is 18.9. The summed E-state index contributed by atoms with van der Waals surface area (Å²) in [7, 11) is 1.80. The van der Waals surface area contributed by atoms with Crippen molar-refractivity contribution < 1.29 is 54.0 Å². The number of halogens is 8. The molecule has 1 heterocycles. The van der Waals surface area contributed by atoms with Gasteiger partial charge in [-0.15, -0.1) is 0 Å². The number of hydrogen-bond donors (Lipinski definition) is 1. The number of aryl methyl sites for hydroxylation is 1. The van der Waals surface area contributed by atoms with Crippen molar-refractivity contribution in [3.63, 3.8) is 0 Å². The fourth-order valence-corrected chi connectivity index (χ4v) is 3.11. The number of hydrogen-bond acceptors (Lipinski definition) is 3. The summed E-state index contributed by atoms with van der Waals surface area (Å²) in [5.41, 5.74) is -1.79. The van der Waals surface area contributed by atoms with Gasteiger partial charge >= 0.3 is 0 Å². The molecule has 0 spiro atoms. The molecule has 4 aromatic rings. The van der Waals surface area contributed by atoms with Gasteiger partial charge in [-0.05, 0) is 24.3 Å². The van der Waals surface area contributed by atoms with Gasteiger partial charge in [0.2, 0.25) is 34.8 Å². The molecule has 0 saturated heterocycles. The maximum atomic E-state index is 14.5.